The molecule has 0 spiro atoms. The van der Waals surface area contributed by atoms with Crippen molar-refractivity contribution < 1.29 is 23.3 Å². The third-order valence-corrected chi connectivity index (χ3v) is 3.49. The lowest BCUT2D eigenvalue weighted by Crippen LogP contribution is -2.52. The highest BCUT2D eigenvalue weighted by Gasteiger charge is 2.43. The first-order chi connectivity index (χ1) is 9.28. The van der Waals surface area contributed by atoms with Crippen LogP contribution in [0.25, 0.3) is 0 Å². The van der Waals surface area contributed by atoms with Crippen LogP contribution in [0.5, 0.6) is 0 Å². The predicted molar refractivity (Wildman–Crippen MR) is 65.2 cm³/mol. The normalized spacial score (nSPS) is 38.7. The van der Waals surface area contributed by atoms with Gasteiger partial charge in [0.25, 0.3) is 0 Å². The molecule has 0 N–H and O–H groups in total. The summed E-state index contributed by atoms with van der Waals surface area (Å²) in [5.41, 5.74) is 0.935. The monoisotopic (exact) mass is 268 g/mol. The second-order valence-electron chi connectivity index (χ2n) is 4.78. The van der Waals surface area contributed by atoms with Gasteiger partial charge >= 0.3 is 0 Å². The molecule has 3 rings (SSSR count). The van der Waals surface area contributed by atoms with E-state index in [9.17, 15) is 4.39 Å². The van der Waals surface area contributed by atoms with E-state index in [1.54, 1.807) is 0 Å². The number of rotatable bonds is 2. The molecule has 2 aliphatic rings. The Hall–Kier alpha value is -1.01. The van der Waals surface area contributed by atoms with E-state index in [0.29, 0.717) is 6.61 Å². The second kappa shape index (κ2) is 5.54. The van der Waals surface area contributed by atoms with Crippen LogP contribution in [-0.4, -0.2) is 38.4 Å². The molecule has 0 aromatic heterocycles. The molecule has 0 amide bonds. The maximum atomic E-state index is 13.8. The van der Waals surface area contributed by atoms with Gasteiger partial charge in [-0.2, -0.15) is 0 Å². The van der Waals surface area contributed by atoms with Crippen LogP contribution in [0.2, 0.25) is 0 Å². The largest absolute Gasteiger partial charge is 0.353 e. The first-order valence-electron chi connectivity index (χ1n) is 6.42. The molecule has 5 atom stereocenters. The Morgan fingerprint density at radius 1 is 1.16 bits per heavy atom. The van der Waals surface area contributed by atoms with Crippen LogP contribution in [0.1, 0.15) is 18.3 Å². The van der Waals surface area contributed by atoms with Gasteiger partial charge in [0.05, 0.1) is 12.7 Å². The van der Waals surface area contributed by atoms with E-state index in [1.807, 2.05) is 30.3 Å². The Labute approximate surface area is 111 Å². The van der Waals surface area contributed by atoms with Gasteiger partial charge in [-0.05, 0) is 0 Å². The number of halogens is 1. The SMILES string of the molecule is CO[C@@H]1O[C@@H]2COC(c3ccccc3)O[C@H]2C[C@H]1F. The number of hydrogen-bond acceptors (Lipinski definition) is 4. The van der Waals surface area contributed by atoms with Crippen molar-refractivity contribution in [2.24, 2.45) is 0 Å². The number of fused-ring (bicyclic) bond motifs is 1. The Morgan fingerprint density at radius 3 is 2.68 bits per heavy atom. The average molecular weight is 268 g/mol. The summed E-state index contributed by atoms with van der Waals surface area (Å²) in [6, 6.07) is 9.63. The maximum absolute atomic E-state index is 13.8. The molecule has 1 aromatic carbocycles. The third-order valence-electron chi connectivity index (χ3n) is 3.49. The smallest absolute Gasteiger partial charge is 0.189 e. The molecule has 5 heteroatoms. The highest BCUT2D eigenvalue weighted by atomic mass is 19.1. The molecule has 2 fully saturated rings. The highest BCUT2D eigenvalue weighted by Crippen LogP contribution is 2.34. The van der Waals surface area contributed by atoms with Gasteiger partial charge in [0.2, 0.25) is 0 Å². The standard InChI is InChI=1S/C14H17FO4/c1-16-14-10(15)7-11-12(19-14)8-17-13(18-11)9-5-3-2-4-6-9/h2-6,10-14H,7-8H2,1H3/t10-,11+,12-,13?,14-/m1/s1. The van der Waals surface area contributed by atoms with Gasteiger partial charge in [0.1, 0.15) is 6.10 Å². The fourth-order valence-corrected chi connectivity index (χ4v) is 2.49. The van der Waals surface area contributed by atoms with E-state index in [4.69, 9.17) is 18.9 Å². The molecule has 0 saturated carbocycles. The summed E-state index contributed by atoms with van der Waals surface area (Å²) in [4.78, 5) is 0. The summed E-state index contributed by atoms with van der Waals surface area (Å²) in [5, 5.41) is 0. The van der Waals surface area contributed by atoms with E-state index >= 15 is 0 Å². The Morgan fingerprint density at radius 2 is 1.95 bits per heavy atom. The molecule has 2 heterocycles. The predicted octanol–water partition coefficient (Wildman–Crippen LogP) is 2.20. The summed E-state index contributed by atoms with van der Waals surface area (Å²) in [5.74, 6) is 0. The molecule has 19 heavy (non-hydrogen) atoms. The quantitative estimate of drug-likeness (QED) is 0.824. The number of ether oxygens (including phenoxy) is 4. The van der Waals surface area contributed by atoms with Crippen molar-refractivity contribution in [3.63, 3.8) is 0 Å². The van der Waals surface area contributed by atoms with Gasteiger partial charge in [-0.3, -0.25) is 0 Å². The van der Waals surface area contributed by atoms with Crippen LogP contribution in [0.15, 0.2) is 30.3 Å². The number of benzene rings is 1. The van der Waals surface area contributed by atoms with Gasteiger partial charge in [-0.15, -0.1) is 0 Å². The number of hydrogen-bond donors (Lipinski definition) is 0. The van der Waals surface area contributed by atoms with Gasteiger partial charge in [-0.25, -0.2) is 4.39 Å². The van der Waals surface area contributed by atoms with Crippen molar-refractivity contribution in [1.82, 2.24) is 0 Å². The minimum absolute atomic E-state index is 0.267. The molecular formula is C14H17FO4. The van der Waals surface area contributed by atoms with Crippen molar-refractivity contribution in [3.8, 4) is 0 Å². The minimum atomic E-state index is -1.17. The lowest BCUT2D eigenvalue weighted by Gasteiger charge is -2.42. The van der Waals surface area contributed by atoms with Crippen LogP contribution in [-0.2, 0) is 18.9 Å². The van der Waals surface area contributed by atoms with Crippen LogP contribution < -0.4 is 0 Å². The Balaban J connectivity index is 1.68. The van der Waals surface area contributed by atoms with Crippen molar-refractivity contribution in [2.75, 3.05) is 13.7 Å². The van der Waals surface area contributed by atoms with E-state index in [1.165, 1.54) is 7.11 Å². The molecule has 2 aliphatic heterocycles. The van der Waals surface area contributed by atoms with E-state index in [2.05, 4.69) is 0 Å². The second-order valence-corrected chi connectivity index (χ2v) is 4.78. The van der Waals surface area contributed by atoms with Crippen LogP contribution in [0, 0.1) is 0 Å². The first-order valence-corrected chi connectivity index (χ1v) is 6.42. The Kier molecular flexibility index (Phi) is 3.79. The summed E-state index contributed by atoms with van der Waals surface area (Å²) >= 11 is 0. The van der Waals surface area contributed by atoms with Crippen molar-refractivity contribution >= 4 is 0 Å². The number of alkyl halides is 1. The average Bonchev–Trinajstić information content (AvgIpc) is 2.47. The molecule has 4 nitrogen and oxygen atoms in total. The molecule has 0 radical (unpaired) electrons. The zero-order valence-corrected chi connectivity index (χ0v) is 10.7. The van der Waals surface area contributed by atoms with E-state index in [0.717, 1.165) is 5.56 Å². The zero-order valence-electron chi connectivity index (χ0n) is 10.7. The van der Waals surface area contributed by atoms with Gasteiger partial charge in [-0.1, -0.05) is 30.3 Å². The van der Waals surface area contributed by atoms with Gasteiger partial charge in [0.15, 0.2) is 18.8 Å². The molecule has 0 bridgehead atoms. The fraction of sp³-hybridized carbons (Fsp3) is 0.571. The fourth-order valence-electron chi connectivity index (χ4n) is 2.49. The number of methoxy groups -OCH3 is 1. The minimum Gasteiger partial charge on any atom is -0.353 e. The summed E-state index contributed by atoms with van der Waals surface area (Å²) in [7, 11) is 1.44. The van der Waals surface area contributed by atoms with Crippen molar-refractivity contribution in [3.05, 3.63) is 35.9 Å². The molecular weight excluding hydrogens is 251 g/mol. The molecule has 104 valence electrons. The highest BCUT2D eigenvalue weighted by molar-refractivity contribution is 5.16. The van der Waals surface area contributed by atoms with Crippen molar-refractivity contribution in [1.29, 1.82) is 0 Å². The molecule has 1 unspecified atom stereocenters. The molecule has 1 aromatic rings. The summed E-state index contributed by atoms with van der Waals surface area (Å²) < 4.78 is 35.7. The van der Waals surface area contributed by atoms with Crippen LogP contribution >= 0.6 is 0 Å². The lowest BCUT2D eigenvalue weighted by molar-refractivity contribution is -0.326. The van der Waals surface area contributed by atoms with E-state index in [-0.39, 0.29) is 18.6 Å². The third kappa shape index (κ3) is 2.65. The zero-order chi connectivity index (χ0) is 13.2. The summed E-state index contributed by atoms with van der Waals surface area (Å²) in [6.45, 7) is 0.386. The van der Waals surface area contributed by atoms with Gasteiger partial charge in [0, 0.05) is 19.1 Å². The van der Waals surface area contributed by atoms with E-state index < -0.39 is 18.8 Å². The molecule has 0 aliphatic carbocycles. The topological polar surface area (TPSA) is 36.9 Å². The van der Waals surface area contributed by atoms with Crippen LogP contribution in [0.4, 0.5) is 4.39 Å². The van der Waals surface area contributed by atoms with Gasteiger partial charge < -0.3 is 18.9 Å². The van der Waals surface area contributed by atoms with Crippen LogP contribution in [0.3, 0.4) is 0 Å². The Bertz CT molecular complexity index is 413. The first kappa shape index (κ1) is 13.0. The summed E-state index contributed by atoms with van der Waals surface area (Å²) in [6.07, 6.45) is -2.72. The van der Waals surface area contributed by atoms with Crippen molar-refractivity contribution in [2.45, 2.75) is 37.4 Å². The lowest BCUT2D eigenvalue weighted by atomic mass is 10.0. The molecule has 2 saturated heterocycles. The maximum Gasteiger partial charge on any atom is 0.189 e.